The van der Waals surface area contributed by atoms with Crippen molar-refractivity contribution in [3.05, 3.63) is 151 Å². The topological polar surface area (TPSA) is 107 Å². The summed E-state index contributed by atoms with van der Waals surface area (Å²) in [6.45, 7) is -0.709. The van der Waals surface area contributed by atoms with Crippen molar-refractivity contribution in [3.8, 4) is 21.5 Å². The number of benzene rings is 4. The van der Waals surface area contributed by atoms with Crippen molar-refractivity contribution in [2.75, 3.05) is 14.2 Å². The molecule has 0 aliphatic heterocycles. The number of rotatable bonds is 10. The first-order chi connectivity index (χ1) is 29.5. The largest absolute Gasteiger partial charge is 0.487 e. The standard InChI is InChI=1S/2C21H14BrF3N2O3S/c1-29-20(28)19-17(30-10-12-4-2-3-5-14(12)21(23,24)25)9-18(31-19)27-11-26-15-8-13(22)6-7-16(15)27;1-29-20(28)19-17(30-10-12-4-2-3-5-14(12)21(23,24)25)9-18(31-19)27-11-26-15-7-6-13(22)8-16(15)27/h2*2-9,11H,10H2,1H3. The van der Waals surface area contributed by atoms with Gasteiger partial charge in [-0.1, -0.05) is 68.3 Å². The van der Waals surface area contributed by atoms with Gasteiger partial charge in [-0.2, -0.15) is 26.3 Å². The molecular weight excluding hydrogens is 994 g/mol. The monoisotopic (exact) mass is 1020 g/mol. The van der Waals surface area contributed by atoms with E-state index < -0.39 is 35.4 Å². The summed E-state index contributed by atoms with van der Waals surface area (Å²) in [5, 5.41) is 1.23. The van der Waals surface area contributed by atoms with Crippen molar-refractivity contribution in [2.24, 2.45) is 0 Å². The summed E-state index contributed by atoms with van der Waals surface area (Å²) < 4.78 is 106. The Morgan fingerprint density at radius 1 is 0.597 bits per heavy atom. The predicted molar refractivity (Wildman–Crippen MR) is 228 cm³/mol. The number of aromatic nitrogens is 4. The van der Waals surface area contributed by atoms with Crippen molar-refractivity contribution >= 4 is 88.5 Å². The van der Waals surface area contributed by atoms with Crippen LogP contribution >= 0.6 is 54.5 Å². The third kappa shape index (κ3) is 9.67. The number of ether oxygens (including phenoxy) is 4. The van der Waals surface area contributed by atoms with Crippen LogP contribution in [-0.2, 0) is 35.0 Å². The third-order valence-corrected chi connectivity index (χ3v) is 12.2. The van der Waals surface area contributed by atoms with Crippen molar-refractivity contribution in [1.82, 2.24) is 19.1 Å². The van der Waals surface area contributed by atoms with E-state index in [-0.39, 0.29) is 45.6 Å². The zero-order valence-electron chi connectivity index (χ0n) is 31.9. The molecule has 0 saturated carbocycles. The molecule has 10 nitrogen and oxygen atoms in total. The molecule has 0 atom stereocenters. The van der Waals surface area contributed by atoms with Crippen LogP contribution in [0.5, 0.6) is 11.5 Å². The lowest BCUT2D eigenvalue weighted by atomic mass is 10.1. The van der Waals surface area contributed by atoms with Crippen LogP contribution in [0.25, 0.3) is 32.1 Å². The molecular formula is C42H28Br2F6N4O6S2. The fourth-order valence-electron chi connectivity index (χ4n) is 6.12. The summed E-state index contributed by atoms with van der Waals surface area (Å²) in [5.74, 6) is -0.994. The van der Waals surface area contributed by atoms with Crippen LogP contribution in [0.2, 0.25) is 0 Å². The van der Waals surface area contributed by atoms with Gasteiger partial charge in [0.25, 0.3) is 0 Å². The molecule has 4 aromatic heterocycles. The van der Waals surface area contributed by atoms with Crippen LogP contribution in [0, 0.1) is 0 Å². The molecule has 62 heavy (non-hydrogen) atoms. The number of imidazole rings is 2. The van der Waals surface area contributed by atoms with E-state index in [0.717, 1.165) is 65.8 Å². The Morgan fingerprint density at radius 2 is 1.05 bits per heavy atom. The number of halogens is 8. The summed E-state index contributed by atoms with van der Waals surface area (Å²) in [7, 11) is 2.46. The number of carbonyl (C=O) groups is 2. The molecule has 20 heteroatoms. The maximum Gasteiger partial charge on any atom is 0.416 e. The molecule has 0 saturated heterocycles. The van der Waals surface area contributed by atoms with Crippen LogP contribution in [-0.4, -0.2) is 45.3 Å². The molecule has 0 aliphatic rings. The predicted octanol–water partition coefficient (Wildman–Crippen LogP) is 12.5. The molecule has 8 aromatic rings. The van der Waals surface area contributed by atoms with Crippen LogP contribution in [0.3, 0.4) is 0 Å². The summed E-state index contributed by atoms with van der Waals surface area (Å²) in [5.41, 5.74) is 1.46. The summed E-state index contributed by atoms with van der Waals surface area (Å²) >= 11 is 9.02. The number of esters is 2. The zero-order valence-corrected chi connectivity index (χ0v) is 36.7. The minimum Gasteiger partial charge on any atom is -0.487 e. The minimum atomic E-state index is -4.51. The molecule has 0 unspecified atom stereocenters. The first-order valence-electron chi connectivity index (χ1n) is 17.8. The molecule has 0 fully saturated rings. The van der Waals surface area contributed by atoms with Gasteiger partial charge in [0.15, 0.2) is 9.75 Å². The summed E-state index contributed by atoms with van der Waals surface area (Å²) in [6.07, 6.45) is -5.80. The summed E-state index contributed by atoms with van der Waals surface area (Å²) in [6, 6.07) is 24.7. The molecule has 4 heterocycles. The van der Waals surface area contributed by atoms with Crippen molar-refractivity contribution in [2.45, 2.75) is 25.6 Å². The van der Waals surface area contributed by atoms with Crippen LogP contribution in [0.15, 0.2) is 119 Å². The highest BCUT2D eigenvalue weighted by Crippen LogP contribution is 2.39. The second-order valence-electron chi connectivity index (χ2n) is 12.9. The first kappa shape index (κ1) is 44.4. The lowest BCUT2D eigenvalue weighted by Gasteiger charge is -2.13. The van der Waals surface area contributed by atoms with E-state index >= 15 is 0 Å². The number of thiophene rings is 2. The van der Waals surface area contributed by atoms with Gasteiger partial charge in [0.2, 0.25) is 0 Å². The maximum atomic E-state index is 13.3. The quantitative estimate of drug-likeness (QED) is 0.0985. The Balaban J connectivity index is 0.000000186. The molecule has 8 rings (SSSR count). The van der Waals surface area contributed by atoms with Crippen molar-refractivity contribution < 1.29 is 54.9 Å². The van der Waals surface area contributed by atoms with Gasteiger partial charge in [-0.25, -0.2) is 19.6 Å². The Labute approximate surface area is 372 Å². The van der Waals surface area contributed by atoms with E-state index in [4.69, 9.17) is 18.9 Å². The number of fused-ring (bicyclic) bond motifs is 2. The molecule has 0 spiro atoms. The Morgan fingerprint density at radius 3 is 1.55 bits per heavy atom. The van der Waals surface area contributed by atoms with Gasteiger partial charge >= 0.3 is 24.3 Å². The maximum absolute atomic E-state index is 13.3. The van der Waals surface area contributed by atoms with Gasteiger partial charge in [0.1, 0.15) is 47.4 Å². The molecule has 0 bridgehead atoms. The Hall–Kier alpha value is -5.70. The van der Waals surface area contributed by atoms with Gasteiger partial charge in [0.05, 0.1) is 47.4 Å². The number of hydrogen-bond donors (Lipinski definition) is 0. The number of hydrogen-bond acceptors (Lipinski definition) is 10. The van der Waals surface area contributed by atoms with Gasteiger partial charge in [0, 0.05) is 32.2 Å². The Bertz CT molecular complexity index is 2920. The lowest BCUT2D eigenvalue weighted by molar-refractivity contribution is -0.139. The Kier molecular flexibility index (Phi) is 13.1. The number of methoxy groups -OCH3 is 2. The smallest absolute Gasteiger partial charge is 0.416 e. The van der Waals surface area contributed by atoms with Gasteiger partial charge in [-0.15, -0.1) is 22.7 Å². The molecule has 0 aliphatic carbocycles. The molecule has 320 valence electrons. The minimum absolute atomic E-state index is 0.0310. The SMILES string of the molecule is COC(=O)c1sc(-n2cnc3cc(Br)ccc32)cc1OCc1ccccc1C(F)(F)F.COC(=O)c1sc(-n2cnc3ccc(Br)cc32)cc1OCc1ccccc1C(F)(F)F. The fraction of sp³-hybridized carbons (Fsp3) is 0.143. The third-order valence-electron chi connectivity index (χ3n) is 9.02. The van der Waals surface area contributed by atoms with Gasteiger partial charge in [-0.3, -0.25) is 9.13 Å². The molecule has 0 N–H and O–H groups in total. The number of nitrogens with zero attached hydrogens (tertiary/aromatic N) is 4. The molecule has 0 amide bonds. The van der Waals surface area contributed by atoms with E-state index in [1.807, 2.05) is 36.4 Å². The normalized spacial score (nSPS) is 11.6. The second kappa shape index (κ2) is 18.3. The van der Waals surface area contributed by atoms with Crippen molar-refractivity contribution in [1.29, 1.82) is 0 Å². The van der Waals surface area contributed by atoms with Gasteiger partial charge < -0.3 is 18.9 Å². The van der Waals surface area contributed by atoms with E-state index in [2.05, 4.69) is 41.8 Å². The van der Waals surface area contributed by atoms with E-state index in [1.54, 1.807) is 33.9 Å². The average molecular weight is 1020 g/mol. The van der Waals surface area contributed by atoms with E-state index in [9.17, 15) is 35.9 Å². The van der Waals surface area contributed by atoms with Crippen LogP contribution in [0.4, 0.5) is 26.3 Å². The fourth-order valence-corrected chi connectivity index (χ4v) is 8.83. The average Bonchev–Trinajstić information content (AvgIpc) is 4.06. The highest BCUT2D eigenvalue weighted by atomic mass is 79.9. The number of alkyl halides is 6. The lowest BCUT2D eigenvalue weighted by Crippen LogP contribution is -2.11. The molecule has 4 aromatic carbocycles. The van der Waals surface area contributed by atoms with Crippen molar-refractivity contribution in [3.63, 3.8) is 0 Å². The molecule has 0 radical (unpaired) electrons. The first-order valence-corrected chi connectivity index (χ1v) is 21.0. The van der Waals surface area contributed by atoms with E-state index in [1.165, 1.54) is 50.6 Å². The van der Waals surface area contributed by atoms with Crippen LogP contribution in [0.1, 0.15) is 41.6 Å². The van der Waals surface area contributed by atoms with Crippen LogP contribution < -0.4 is 9.47 Å². The number of carbonyl (C=O) groups excluding carboxylic acids is 2. The van der Waals surface area contributed by atoms with E-state index in [0.29, 0.717) is 10.0 Å². The summed E-state index contributed by atoms with van der Waals surface area (Å²) in [4.78, 5) is 33.5. The highest BCUT2D eigenvalue weighted by Gasteiger charge is 2.34. The second-order valence-corrected chi connectivity index (χ2v) is 16.8. The van der Waals surface area contributed by atoms with Gasteiger partial charge in [-0.05, 0) is 48.5 Å². The zero-order chi connectivity index (χ0) is 44.3. The highest BCUT2D eigenvalue weighted by molar-refractivity contribution is 9.10.